The zero-order valence-corrected chi connectivity index (χ0v) is 9.67. The number of methoxy groups -OCH3 is 2. The Hall–Kier alpha value is -1.73. The number of rotatable bonds is 4. The number of Topliss-reactive ketones (excluding diaryl/α,β-unsaturated/α-hetero) is 1. The Morgan fingerprint density at radius 3 is 2.38 bits per heavy atom. The summed E-state index contributed by atoms with van der Waals surface area (Å²) >= 11 is 5.45. The zero-order chi connectivity index (χ0) is 12.1. The minimum Gasteiger partial charge on any atom is -0.493 e. The molecule has 0 aliphatic carbocycles. The second-order valence-electron chi connectivity index (χ2n) is 2.92. The zero-order valence-electron chi connectivity index (χ0n) is 8.91. The number of nitrogens with zero attached hydrogens (tertiary/aromatic N) is 1. The van der Waals surface area contributed by atoms with Crippen LogP contribution in [0, 0.1) is 11.3 Å². The number of carbonyl (C=O) groups excluding carboxylic acids is 1. The molecule has 1 rings (SSSR count). The summed E-state index contributed by atoms with van der Waals surface area (Å²) in [5.41, 5.74) is 0.471. The number of ketones is 1. The Balaban J connectivity index is 3.39. The van der Waals surface area contributed by atoms with Crippen LogP contribution >= 0.6 is 11.6 Å². The second kappa shape index (κ2) is 5.38. The van der Waals surface area contributed by atoms with Crippen LogP contribution in [0.25, 0.3) is 0 Å². The van der Waals surface area contributed by atoms with Crippen LogP contribution in [-0.4, -0.2) is 25.9 Å². The van der Waals surface area contributed by atoms with E-state index in [2.05, 4.69) is 0 Å². The standard InChI is InChI=1S/C11H10ClNO3/c1-15-10-3-7(6-13)8(9(14)5-12)4-11(10)16-2/h3-4H,5H2,1-2H3. The van der Waals surface area contributed by atoms with E-state index in [1.165, 1.54) is 26.4 Å². The number of ether oxygens (including phenoxy) is 2. The van der Waals surface area contributed by atoms with Crippen molar-refractivity contribution in [3.63, 3.8) is 0 Å². The number of nitriles is 1. The molecule has 1 aromatic rings. The summed E-state index contributed by atoms with van der Waals surface area (Å²) in [5.74, 6) is 0.309. The van der Waals surface area contributed by atoms with Crippen molar-refractivity contribution >= 4 is 17.4 Å². The van der Waals surface area contributed by atoms with Crippen LogP contribution in [0.1, 0.15) is 15.9 Å². The van der Waals surface area contributed by atoms with Gasteiger partial charge in [-0.25, -0.2) is 0 Å². The minimum atomic E-state index is -0.320. The van der Waals surface area contributed by atoms with Crippen molar-refractivity contribution in [2.24, 2.45) is 0 Å². The van der Waals surface area contributed by atoms with Gasteiger partial charge < -0.3 is 9.47 Å². The number of alkyl halides is 1. The first-order valence-corrected chi connectivity index (χ1v) is 4.96. The molecular formula is C11H10ClNO3. The van der Waals surface area contributed by atoms with Gasteiger partial charge in [0, 0.05) is 11.6 Å². The van der Waals surface area contributed by atoms with Crippen molar-refractivity contribution in [3.8, 4) is 17.6 Å². The van der Waals surface area contributed by atoms with Gasteiger partial charge in [-0.05, 0) is 6.07 Å². The molecule has 0 aliphatic rings. The molecular weight excluding hydrogens is 230 g/mol. The van der Waals surface area contributed by atoms with Crippen LogP contribution in [0.4, 0.5) is 0 Å². The van der Waals surface area contributed by atoms with Crippen LogP contribution in [0.2, 0.25) is 0 Å². The number of hydrogen-bond donors (Lipinski definition) is 0. The molecule has 0 heterocycles. The maximum Gasteiger partial charge on any atom is 0.179 e. The minimum absolute atomic E-state index is 0.176. The average molecular weight is 240 g/mol. The summed E-state index contributed by atoms with van der Waals surface area (Å²) in [6.45, 7) is 0. The Morgan fingerprint density at radius 1 is 1.38 bits per heavy atom. The van der Waals surface area contributed by atoms with Gasteiger partial charge in [0.2, 0.25) is 0 Å². The lowest BCUT2D eigenvalue weighted by molar-refractivity contribution is 0.102. The predicted octanol–water partition coefficient (Wildman–Crippen LogP) is 2.00. The van der Waals surface area contributed by atoms with Crippen LogP contribution in [0.15, 0.2) is 12.1 Å². The normalized spacial score (nSPS) is 9.38. The Morgan fingerprint density at radius 2 is 1.94 bits per heavy atom. The highest BCUT2D eigenvalue weighted by Gasteiger charge is 2.15. The molecule has 84 valence electrons. The average Bonchev–Trinajstić information content (AvgIpc) is 2.35. The second-order valence-corrected chi connectivity index (χ2v) is 3.19. The molecule has 0 amide bonds. The molecule has 0 saturated heterocycles. The maximum absolute atomic E-state index is 11.5. The van der Waals surface area contributed by atoms with Gasteiger partial charge in [0.15, 0.2) is 17.3 Å². The van der Waals surface area contributed by atoms with Gasteiger partial charge >= 0.3 is 0 Å². The fourth-order valence-electron chi connectivity index (χ4n) is 1.27. The lowest BCUT2D eigenvalue weighted by atomic mass is 10.0. The molecule has 0 spiro atoms. The van der Waals surface area contributed by atoms with E-state index >= 15 is 0 Å². The van der Waals surface area contributed by atoms with Gasteiger partial charge in [-0.15, -0.1) is 11.6 Å². The van der Waals surface area contributed by atoms with E-state index in [-0.39, 0.29) is 22.8 Å². The lowest BCUT2D eigenvalue weighted by Gasteiger charge is -2.10. The van der Waals surface area contributed by atoms with E-state index in [0.29, 0.717) is 11.5 Å². The summed E-state index contributed by atoms with van der Waals surface area (Å²) in [6, 6.07) is 4.84. The van der Waals surface area contributed by atoms with Gasteiger partial charge in [0.25, 0.3) is 0 Å². The predicted molar refractivity (Wildman–Crippen MR) is 59.3 cm³/mol. The topological polar surface area (TPSA) is 59.3 Å². The molecule has 0 saturated carbocycles. The lowest BCUT2D eigenvalue weighted by Crippen LogP contribution is -2.05. The van der Waals surface area contributed by atoms with Crippen molar-refractivity contribution in [2.75, 3.05) is 20.1 Å². The molecule has 0 aromatic heterocycles. The van der Waals surface area contributed by atoms with Crippen molar-refractivity contribution < 1.29 is 14.3 Å². The summed E-state index contributed by atoms with van der Waals surface area (Å²) < 4.78 is 10.1. The molecule has 4 nitrogen and oxygen atoms in total. The number of hydrogen-bond acceptors (Lipinski definition) is 4. The third-order valence-electron chi connectivity index (χ3n) is 2.07. The van der Waals surface area contributed by atoms with Crippen molar-refractivity contribution in [2.45, 2.75) is 0 Å². The quantitative estimate of drug-likeness (QED) is 0.596. The SMILES string of the molecule is COc1cc(C#N)c(C(=O)CCl)cc1OC. The van der Waals surface area contributed by atoms with Gasteiger partial charge in [0.1, 0.15) is 6.07 Å². The largest absolute Gasteiger partial charge is 0.493 e. The first-order chi connectivity index (χ1) is 7.67. The van der Waals surface area contributed by atoms with Crippen LogP contribution in [0.5, 0.6) is 11.5 Å². The monoisotopic (exact) mass is 239 g/mol. The van der Waals surface area contributed by atoms with Crippen molar-refractivity contribution in [1.82, 2.24) is 0 Å². The molecule has 0 fully saturated rings. The van der Waals surface area contributed by atoms with E-state index < -0.39 is 0 Å². The van der Waals surface area contributed by atoms with Gasteiger partial charge in [-0.3, -0.25) is 4.79 Å². The van der Waals surface area contributed by atoms with E-state index in [0.717, 1.165) is 0 Å². The maximum atomic E-state index is 11.5. The smallest absolute Gasteiger partial charge is 0.179 e. The molecule has 0 bridgehead atoms. The van der Waals surface area contributed by atoms with Crippen molar-refractivity contribution in [3.05, 3.63) is 23.3 Å². The Kier molecular flexibility index (Phi) is 4.15. The Bertz CT molecular complexity index is 451. The molecule has 1 aromatic carbocycles. The molecule has 0 N–H and O–H groups in total. The number of benzene rings is 1. The van der Waals surface area contributed by atoms with Crippen molar-refractivity contribution in [1.29, 1.82) is 5.26 Å². The molecule has 0 unspecified atom stereocenters. The third-order valence-corrected chi connectivity index (χ3v) is 2.31. The number of halogens is 1. The molecule has 0 radical (unpaired) electrons. The summed E-state index contributed by atoms with van der Waals surface area (Å²) in [6.07, 6.45) is 0. The highest BCUT2D eigenvalue weighted by molar-refractivity contribution is 6.30. The number of carbonyl (C=O) groups is 1. The van der Waals surface area contributed by atoms with E-state index in [4.69, 9.17) is 26.3 Å². The van der Waals surface area contributed by atoms with Gasteiger partial charge in [-0.1, -0.05) is 0 Å². The molecule has 0 atom stereocenters. The van der Waals surface area contributed by atoms with E-state index in [1.807, 2.05) is 6.07 Å². The molecule has 0 aliphatic heterocycles. The summed E-state index contributed by atoms with van der Waals surface area (Å²) in [7, 11) is 2.92. The van der Waals surface area contributed by atoms with Crippen LogP contribution in [-0.2, 0) is 0 Å². The molecule has 16 heavy (non-hydrogen) atoms. The third kappa shape index (κ3) is 2.26. The first-order valence-electron chi connectivity index (χ1n) is 4.43. The Labute approximate surface area is 98.3 Å². The fraction of sp³-hybridized carbons (Fsp3) is 0.273. The highest BCUT2D eigenvalue weighted by atomic mass is 35.5. The van der Waals surface area contributed by atoms with Crippen LogP contribution < -0.4 is 9.47 Å². The summed E-state index contributed by atoms with van der Waals surface area (Å²) in [5, 5.41) is 8.90. The molecule has 5 heteroatoms. The van der Waals surface area contributed by atoms with Gasteiger partial charge in [0.05, 0.1) is 25.7 Å². The van der Waals surface area contributed by atoms with E-state index in [9.17, 15) is 4.79 Å². The summed E-state index contributed by atoms with van der Waals surface area (Å²) in [4.78, 5) is 11.5. The van der Waals surface area contributed by atoms with Crippen LogP contribution in [0.3, 0.4) is 0 Å². The fourth-order valence-corrected chi connectivity index (χ4v) is 1.42. The first kappa shape index (κ1) is 12.3. The highest BCUT2D eigenvalue weighted by Crippen LogP contribution is 2.30. The van der Waals surface area contributed by atoms with Gasteiger partial charge in [-0.2, -0.15) is 5.26 Å². The van der Waals surface area contributed by atoms with E-state index in [1.54, 1.807) is 0 Å².